The van der Waals surface area contributed by atoms with Crippen LogP contribution in [0.5, 0.6) is 11.5 Å². The second kappa shape index (κ2) is 20.4. The Morgan fingerprint density at radius 1 is 0.473 bits per heavy atom. The van der Waals surface area contributed by atoms with Gasteiger partial charge >= 0.3 is 0 Å². The molecule has 2 unspecified atom stereocenters. The Morgan fingerprint density at radius 3 is 1.15 bits per heavy atom. The van der Waals surface area contributed by atoms with Gasteiger partial charge < -0.3 is 9.47 Å². The van der Waals surface area contributed by atoms with E-state index in [9.17, 15) is 0 Å². The average molecular weight is 753 g/mol. The third-order valence-corrected chi connectivity index (χ3v) is 10.6. The highest BCUT2D eigenvalue weighted by Crippen LogP contribution is 2.36. The van der Waals surface area contributed by atoms with E-state index in [1.165, 1.54) is 50.3 Å². The molecule has 284 valence electrons. The van der Waals surface area contributed by atoms with Crippen LogP contribution in [0.2, 0.25) is 0 Å². The number of unbranched alkanes of at least 4 members (excludes halogenated alkanes) is 2. The van der Waals surface area contributed by atoms with Crippen molar-refractivity contribution in [3.05, 3.63) is 109 Å². The molecule has 6 aromatic rings. The lowest BCUT2D eigenvalue weighted by Crippen LogP contribution is -2.11. The molecule has 0 spiro atoms. The van der Waals surface area contributed by atoms with Gasteiger partial charge in [-0.2, -0.15) is 29.2 Å². The number of rotatable bonds is 20. The first-order valence-corrected chi connectivity index (χ1v) is 20.5. The number of hydrogen-bond donors (Lipinski definition) is 0. The highest BCUT2D eigenvalue weighted by atomic mass is 32.1. The van der Waals surface area contributed by atoms with Gasteiger partial charge in [-0.25, -0.2) is 0 Å². The molecule has 5 aromatic carbocycles. The third-order valence-electron chi connectivity index (χ3n) is 10.1. The van der Waals surface area contributed by atoms with E-state index in [1.54, 1.807) is 0 Å². The summed E-state index contributed by atoms with van der Waals surface area (Å²) >= 11 is 1.22. The molecule has 6 rings (SSSR count). The minimum atomic E-state index is 0.597. The molecule has 0 amide bonds. The Morgan fingerprint density at radius 2 is 0.818 bits per heavy atom. The quantitative estimate of drug-likeness (QED) is 0.0726. The average Bonchev–Trinajstić information content (AvgIpc) is 3.74. The zero-order chi connectivity index (χ0) is 38.2. The van der Waals surface area contributed by atoms with Gasteiger partial charge in [-0.3, -0.25) is 0 Å². The summed E-state index contributed by atoms with van der Waals surface area (Å²) in [6.07, 6.45) is 9.64. The second-order valence-corrected chi connectivity index (χ2v) is 14.6. The van der Waals surface area contributed by atoms with E-state index in [1.807, 2.05) is 72.8 Å². The highest BCUT2D eigenvalue weighted by molar-refractivity contribution is 7.00. The minimum Gasteiger partial charge on any atom is -0.493 e. The van der Waals surface area contributed by atoms with E-state index in [4.69, 9.17) is 9.47 Å². The third kappa shape index (κ3) is 11.1. The molecule has 1 aromatic heterocycles. The van der Waals surface area contributed by atoms with Crippen LogP contribution >= 0.6 is 11.7 Å². The molecule has 55 heavy (non-hydrogen) atoms. The van der Waals surface area contributed by atoms with Crippen molar-refractivity contribution < 1.29 is 9.47 Å². The number of aromatic nitrogens is 2. The summed E-state index contributed by atoms with van der Waals surface area (Å²) < 4.78 is 21.5. The lowest BCUT2D eigenvalue weighted by Gasteiger charge is -2.15. The van der Waals surface area contributed by atoms with Crippen molar-refractivity contribution in [1.29, 1.82) is 0 Å². The number of benzene rings is 5. The van der Waals surface area contributed by atoms with Gasteiger partial charge in [-0.15, -0.1) is 0 Å². The Balaban J connectivity index is 1.05. The number of fused-ring (bicyclic) bond motifs is 1. The van der Waals surface area contributed by atoms with Gasteiger partial charge in [0.2, 0.25) is 0 Å². The molecule has 9 heteroatoms. The maximum absolute atomic E-state index is 6.04. The van der Waals surface area contributed by atoms with Crippen molar-refractivity contribution in [2.24, 2.45) is 32.3 Å². The minimum absolute atomic E-state index is 0.597. The molecule has 0 fully saturated rings. The molecule has 1 heterocycles. The predicted molar refractivity (Wildman–Crippen MR) is 227 cm³/mol. The van der Waals surface area contributed by atoms with Gasteiger partial charge in [0.1, 0.15) is 22.5 Å². The number of hydrogen-bond acceptors (Lipinski definition) is 9. The van der Waals surface area contributed by atoms with Crippen LogP contribution in [0.25, 0.3) is 33.3 Å². The van der Waals surface area contributed by atoms with E-state index < -0.39 is 0 Å². The molecule has 0 saturated carbocycles. The van der Waals surface area contributed by atoms with Crippen molar-refractivity contribution in [3.63, 3.8) is 0 Å². The van der Waals surface area contributed by atoms with E-state index in [2.05, 4.69) is 93.3 Å². The van der Waals surface area contributed by atoms with Gasteiger partial charge in [0.05, 0.1) is 47.7 Å². The Bertz CT molecular complexity index is 1960. The number of nitrogens with zero attached hydrogens (tertiary/aromatic N) is 6. The second-order valence-electron chi connectivity index (χ2n) is 14.1. The maximum atomic E-state index is 6.04. The maximum Gasteiger partial charge on any atom is 0.119 e. The van der Waals surface area contributed by atoms with Gasteiger partial charge in [-0.1, -0.05) is 103 Å². The van der Waals surface area contributed by atoms with Crippen LogP contribution in [0.4, 0.5) is 22.7 Å². The van der Waals surface area contributed by atoms with E-state index >= 15 is 0 Å². The zero-order valence-corrected chi connectivity index (χ0v) is 33.3. The Kier molecular flexibility index (Phi) is 14.6. The summed E-state index contributed by atoms with van der Waals surface area (Å²) in [6, 6.07) is 36.0. The monoisotopic (exact) mass is 752 g/mol. The first-order valence-electron chi connectivity index (χ1n) is 19.8. The van der Waals surface area contributed by atoms with Crippen LogP contribution in [0.1, 0.15) is 79.1 Å². The standard InChI is InChI=1S/C46H52N6O2S/c1-5-9-11-33(7-3)31-53-41-25-21-39(22-26-41)49-47-37-17-13-35(14-18-37)43-29-30-44(46-45(43)51-55-52-46)36-15-19-38(20-16-36)48-50-40-23-27-42(28-24-40)54-32-34(8-4)12-10-6-2/h13-30,33-34H,5-12,31-32H2,1-4H3/b49-47+,50-48+. The van der Waals surface area contributed by atoms with Gasteiger partial charge in [0, 0.05) is 11.1 Å². The van der Waals surface area contributed by atoms with Crippen LogP contribution in [0, 0.1) is 11.8 Å². The van der Waals surface area contributed by atoms with Gasteiger partial charge in [0.25, 0.3) is 0 Å². The summed E-state index contributed by atoms with van der Waals surface area (Å²) in [4.78, 5) is 0. The van der Waals surface area contributed by atoms with Crippen molar-refractivity contribution in [2.75, 3.05) is 13.2 Å². The molecule has 0 radical (unpaired) electrons. The smallest absolute Gasteiger partial charge is 0.119 e. The number of ether oxygens (including phenoxy) is 2. The van der Waals surface area contributed by atoms with Crippen molar-refractivity contribution in [3.8, 4) is 33.8 Å². The van der Waals surface area contributed by atoms with Gasteiger partial charge in [-0.05, 0) is 109 Å². The fraction of sp³-hybridized carbons (Fsp3) is 0.348. The fourth-order valence-corrected chi connectivity index (χ4v) is 6.99. The Hall–Kier alpha value is -5.28. The molecule has 0 saturated heterocycles. The summed E-state index contributed by atoms with van der Waals surface area (Å²) in [5.74, 6) is 2.93. The predicted octanol–water partition coefficient (Wildman–Crippen LogP) is 15.0. The molecule has 0 bridgehead atoms. The topological polar surface area (TPSA) is 93.7 Å². The lowest BCUT2D eigenvalue weighted by molar-refractivity contribution is 0.233. The van der Waals surface area contributed by atoms with Gasteiger partial charge in [0.15, 0.2) is 0 Å². The summed E-state index contributed by atoms with van der Waals surface area (Å²) in [5.41, 5.74) is 8.99. The number of azo groups is 2. The summed E-state index contributed by atoms with van der Waals surface area (Å²) in [7, 11) is 0. The SMILES string of the molecule is CCCCC(CC)COc1ccc(/N=N/c2ccc(-c3ccc(-c4ccc(/N=N/c5ccc(OCC(CC)CCCC)cc5)cc4)c4nsnc34)cc2)cc1. The molecule has 8 nitrogen and oxygen atoms in total. The van der Waals surface area contributed by atoms with Crippen LogP contribution in [0.3, 0.4) is 0 Å². The zero-order valence-electron chi connectivity index (χ0n) is 32.5. The van der Waals surface area contributed by atoms with E-state index in [0.29, 0.717) is 11.8 Å². The van der Waals surface area contributed by atoms with E-state index in [-0.39, 0.29) is 0 Å². The van der Waals surface area contributed by atoms with Crippen LogP contribution in [-0.2, 0) is 0 Å². The van der Waals surface area contributed by atoms with Crippen LogP contribution < -0.4 is 9.47 Å². The molecular formula is C46H52N6O2S. The molecule has 2 atom stereocenters. The largest absolute Gasteiger partial charge is 0.493 e. The summed E-state index contributed by atoms with van der Waals surface area (Å²) in [6.45, 7) is 10.4. The van der Waals surface area contributed by atoms with Crippen molar-refractivity contribution in [1.82, 2.24) is 8.75 Å². The molecule has 0 N–H and O–H groups in total. The lowest BCUT2D eigenvalue weighted by atomic mass is 9.97. The summed E-state index contributed by atoms with van der Waals surface area (Å²) in [5, 5.41) is 17.8. The van der Waals surface area contributed by atoms with Crippen molar-refractivity contribution in [2.45, 2.75) is 79.1 Å². The normalized spacial score (nSPS) is 12.8. The highest BCUT2D eigenvalue weighted by Gasteiger charge is 2.14. The van der Waals surface area contributed by atoms with E-state index in [0.717, 1.165) is 93.6 Å². The Labute approximate surface area is 330 Å². The molecule has 0 aliphatic heterocycles. The van der Waals surface area contributed by atoms with Crippen molar-refractivity contribution >= 4 is 45.5 Å². The first kappa shape index (κ1) is 39.4. The fourth-order valence-electron chi connectivity index (χ4n) is 6.42. The molecular weight excluding hydrogens is 701 g/mol. The molecule has 0 aliphatic carbocycles. The molecule has 0 aliphatic rings. The van der Waals surface area contributed by atoms with Crippen LogP contribution in [0.15, 0.2) is 130 Å². The first-order chi connectivity index (χ1) is 27.1. The van der Waals surface area contributed by atoms with Crippen LogP contribution in [-0.4, -0.2) is 22.0 Å².